The van der Waals surface area contributed by atoms with Gasteiger partial charge in [0.2, 0.25) is 0 Å². The van der Waals surface area contributed by atoms with Crippen LogP contribution in [0.5, 0.6) is 0 Å². The fourth-order valence-electron chi connectivity index (χ4n) is 2.47. The standard InChI is InChI=1S/C15H22ClNS/c1-3-15(4-2,11-16)17-9-12-10-18-14-8-6-5-7-13(12)14/h5-8,12,17H,3-4,9-11H2,1-2H3. The minimum atomic E-state index is 0.115. The molecule has 0 fully saturated rings. The summed E-state index contributed by atoms with van der Waals surface area (Å²) in [7, 11) is 0. The number of alkyl halides is 1. The van der Waals surface area contributed by atoms with Crippen molar-refractivity contribution in [1.29, 1.82) is 0 Å². The third-order valence-electron chi connectivity index (χ3n) is 4.13. The molecule has 0 saturated carbocycles. The van der Waals surface area contributed by atoms with E-state index >= 15 is 0 Å². The van der Waals surface area contributed by atoms with Crippen LogP contribution in [0.1, 0.15) is 38.2 Å². The number of hydrogen-bond donors (Lipinski definition) is 1. The summed E-state index contributed by atoms with van der Waals surface area (Å²) < 4.78 is 0. The normalized spacial score (nSPS) is 18.9. The highest BCUT2D eigenvalue weighted by atomic mass is 35.5. The SMILES string of the molecule is CCC(CC)(CCl)NCC1CSc2ccccc21. The van der Waals surface area contributed by atoms with Crippen molar-refractivity contribution in [2.75, 3.05) is 18.2 Å². The predicted molar refractivity (Wildman–Crippen MR) is 81.9 cm³/mol. The Kier molecular flexibility index (Phi) is 4.99. The van der Waals surface area contributed by atoms with Crippen LogP contribution < -0.4 is 5.32 Å². The molecule has 1 nitrogen and oxygen atoms in total. The molecule has 0 spiro atoms. The van der Waals surface area contributed by atoms with Crippen LogP contribution in [0.25, 0.3) is 0 Å². The highest BCUT2D eigenvalue weighted by Gasteiger charge is 2.28. The van der Waals surface area contributed by atoms with Crippen molar-refractivity contribution in [3.05, 3.63) is 29.8 Å². The van der Waals surface area contributed by atoms with E-state index in [0.29, 0.717) is 11.8 Å². The first-order valence-electron chi connectivity index (χ1n) is 6.77. The summed E-state index contributed by atoms with van der Waals surface area (Å²) in [6.07, 6.45) is 2.18. The minimum Gasteiger partial charge on any atom is -0.309 e. The molecule has 0 radical (unpaired) electrons. The summed E-state index contributed by atoms with van der Waals surface area (Å²) in [6, 6.07) is 8.77. The Balaban J connectivity index is 2.00. The molecule has 0 amide bonds. The van der Waals surface area contributed by atoms with Crippen molar-refractivity contribution in [2.24, 2.45) is 0 Å². The first kappa shape index (κ1) is 14.2. The van der Waals surface area contributed by atoms with Gasteiger partial charge in [-0.2, -0.15) is 0 Å². The number of rotatable bonds is 6. The molecule has 0 bridgehead atoms. The van der Waals surface area contributed by atoms with E-state index in [1.54, 1.807) is 0 Å². The summed E-state index contributed by atoms with van der Waals surface area (Å²) in [4.78, 5) is 1.45. The molecule has 1 N–H and O–H groups in total. The van der Waals surface area contributed by atoms with E-state index < -0.39 is 0 Å². The van der Waals surface area contributed by atoms with Crippen LogP contribution in [0.4, 0.5) is 0 Å². The molecule has 100 valence electrons. The van der Waals surface area contributed by atoms with Gasteiger partial charge in [0.05, 0.1) is 0 Å². The van der Waals surface area contributed by atoms with Gasteiger partial charge in [0, 0.05) is 34.5 Å². The van der Waals surface area contributed by atoms with Crippen molar-refractivity contribution in [3.8, 4) is 0 Å². The van der Waals surface area contributed by atoms with Crippen LogP contribution in [0.2, 0.25) is 0 Å². The molecule has 1 aliphatic heterocycles. The molecule has 2 rings (SSSR count). The van der Waals surface area contributed by atoms with Gasteiger partial charge in [-0.3, -0.25) is 0 Å². The molecule has 1 unspecified atom stereocenters. The first-order valence-corrected chi connectivity index (χ1v) is 8.29. The van der Waals surface area contributed by atoms with Gasteiger partial charge in [0.15, 0.2) is 0 Å². The second-order valence-electron chi connectivity index (χ2n) is 5.05. The zero-order chi connectivity index (χ0) is 13.0. The zero-order valence-electron chi connectivity index (χ0n) is 11.2. The van der Waals surface area contributed by atoms with Gasteiger partial charge in [-0.1, -0.05) is 32.0 Å². The molecule has 0 saturated heterocycles. The minimum absolute atomic E-state index is 0.115. The topological polar surface area (TPSA) is 12.0 Å². The number of thioether (sulfide) groups is 1. The lowest BCUT2D eigenvalue weighted by Crippen LogP contribution is -2.47. The lowest BCUT2D eigenvalue weighted by atomic mass is 9.93. The highest BCUT2D eigenvalue weighted by molar-refractivity contribution is 7.99. The molecule has 1 atom stereocenters. The van der Waals surface area contributed by atoms with Crippen molar-refractivity contribution < 1.29 is 0 Å². The third-order valence-corrected chi connectivity index (χ3v) is 5.90. The second kappa shape index (κ2) is 6.31. The smallest absolute Gasteiger partial charge is 0.0405 e. The number of hydrogen-bond acceptors (Lipinski definition) is 2. The van der Waals surface area contributed by atoms with E-state index in [1.165, 1.54) is 16.2 Å². The van der Waals surface area contributed by atoms with Crippen LogP contribution in [0.15, 0.2) is 29.2 Å². The van der Waals surface area contributed by atoms with E-state index in [-0.39, 0.29) is 5.54 Å². The fraction of sp³-hybridized carbons (Fsp3) is 0.600. The van der Waals surface area contributed by atoms with E-state index in [0.717, 1.165) is 19.4 Å². The summed E-state index contributed by atoms with van der Waals surface area (Å²) in [5.41, 5.74) is 1.62. The molecule has 1 aromatic rings. The van der Waals surface area contributed by atoms with Crippen molar-refractivity contribution >= 4 is 23.4 Å². The second-order valence-corrected chi connectivity index (χ2v) is 6.38. The quantitative estimate of drug-likeness (QED) is 0.783. The number of nitrogens with one attached hydrogen (secondary N) is 1. The fourth-order valence-corrected chi connectivity index (χ4v) is 4.20. The molecule has 1 aromatic carbocycles. The Morgan fingerprint density at radius 2 is 2.06 bits per heavy atom. The number of halogens is 1. The van der Waals surface area contributed by atoms with Crippen LogP contribution in [0, 0.1) is 0 Å². The van der Waals surface area contributed by atoms with E-state index in [1.807, 2.05) is 11.8 Å². The van der Waals surface area contributed by atoms with Gasteiger partial charge in [-0.25, -0.2) is 0 Å². The molecule has 1 heterocycles. The zero-order valence-corrected chi connectivity index (χ0v) is 12.8. The van der Waals surface area contributed by atoms with Gasteiger partial charge in [-0.05, 0) is 24.5 Å². The van der Waals surface area contributed by atoms with Crippen molar-refractivity contribution in [2.45, 2.75) is 43.0 Å². The summed E-state index contributed by atoms with van der Waals surface area (Å²) in [5, 5.41) is 3.72. The first-order chi connectivity index (χ1) is 8.74. The van der Waals surface area contributed by atoms with Crippen LogP contribution in [0.3, 0.4) is 0 Å². The molecular formula is C15H22ClNS. The molecule has 3 heteroatoms. The molecule has 1 aliphatic rings. The third kappa shape index (κ3) is 2.87. The molecule has 0 aromatic heterocycles. The van der Waals surface area contributed by atoms with Crippen molar-refractivity contribution in [1.82, 2.24) is 5.32 Å². The van der Waals surface area contributed by atoms with Gasteiger partial charge in [0.1, 0.15) is 0 Å². The van der Waals surface area contributed by atoms with Gasteiger partial charge in [-0.15, -0.1) is 23.4 Å². The molecule has 18 heavy (non-hydrogen) atoms. The number of fused-ring (bicyclic) bond motifs is 1. The highest BCUT2D eigenvalue weighted by Crippen LogP contribution is 2.39. The average Bonchev–Trinajstić information content (AvgIpc) is 2.85. The van der Waals surface area contributed by atoms with Gasteiger partial charge >= 0.3 is 0 Å². The summed E-state index contributed by atoms with van der Waals surface area (Å²) >= 11 is 8.12. The van der Waals surface area contributed by atoms with E-state index in [4.69, 9.17) is 11.6 Å². The monoisotopic (exact) mass is 283 g/mol. The summed E-state index contributed by atoms with van der Waals surface area (Å²) in [5.74, 6) is 2.52. The Morgan fingerprint density at radius 1 is 1.33 bits per heavy atom. The van der Waals surface area contributed by atoms with Gasteiger partial charge in [0.25, 0.3) is 0 Å². The maximum Gasteiger partial charge on any atom is 0.0405 e. The predicted octanol–water partition coefficient (Wildman–Crippen LogP) is 4.26. The van der Waals surface area contributed by atoms with Crippen LogP contribution in [-0.2, 0) is 0 Å². The molecule has 0 aliphatic carbocycles. The Bertz CT molecular complexity index is 382. The maximum atomic E-state index is 6.14. The number of benzene rings is 1. The lowest BCUT2D eigenvalue weighted by Gasteiger charge is -2.32. The Morgan fingerprint density at radius 3 is 2.72 bits per heavy atom. The Labute approximate surface area is 120 Å². The molecular weight excluding hydrogens is 262 g/mol. The van der Waals surface area contributed by atoms with Crippen LogP contribution >= 0.6 is 23.4 Å². The van der Waals surface area contributed by atoms with Crippen molar-refractivity contribution in [3.63, 3.8) is 0 Å². The Hall–Kier alpha value is -0.180. The lowest BCUT2D eigenvalue weighted by molar-refractivity contribution is 0.330. The van der Waals surface area contributed by atoms with Gasteiger partial charge < -0.3 is 5.32 Å². The van der Waals surface area contributed by atoms with E-state index in [2.05, 4.69) is 43.4 Å². The van der Waals surface area contributed by atoms with E-state index in [9.17, 15) is 0 Å². The summed E-state index contributed by atoms with van der Waals surface area (Å²) in [6.45, 7) is 5.48. The van der Waals surface area contributed by atoms with Crippen LogP contribution in [-0.4, -0.2) is 23.7 Å². The maximum absolute atomic E-state index is 6.14. The average molecular weight is 284 g/mol. The largest absolute Gasteiger partial charge is 0.309 e.